The second-order valence-electron chi connectivity index (χ2n) is 8.74. The first-order chi connectivity index (χ1) is 17.1. The van der Waals surface area contributed by atoms with Crippen LogP contribution in [-0.2, 0) is 6.54 Å². The van der Waals surface area contributed by atoms with Crippen LogP contribution >= 0.6 is 11.3 Å². The number of thiophene rings is 1. The maximum atomic E-state index is 13.5. The predicted octanol–water partition coefficient (Wildman–Crippen LogP) is 5.16. The van der Waals surface area contributed by atoms with Crippen LogP contribution in [0.3, 0.4) is 0 Å². The van der Waals surface area contributed by atoms with E-state index in [0.717, 1.165) is 53.7 Å². The highest BCUT2D eigenvalue weighted by molar-refractivity contribution is 7.12. The number of amides is 1. The van der Waals surface area contributed by atoms with Crippen molar-refractivity contribution in [1.82, 2.24) is 5.32 Å². The van der Waals surface area contributed by atoms with E-state index in [0.29, 0.717) is 17.0 Å². The molecule has 3 aromatic carbocycles. The van der Waals surface area contributed by atoms with E-state index >= 15 is 0 Å². The van der Waals surface area contributed by atoms with Crippen molar-refractivity contribution in [3.8, 4) is 5.75 Å². The van der Waals surface area contributed by atoms with Gasteiger partial charge in [0.05, 0.1) is 11.4 Å². The summed E-state index contributed by atoms with van der Waals surface area (Å²) in [5.74, 6) is 0.829. The molecular formula is C28H28N4O2S. The number of nitrogen functional groups attached to an aromatic ring is 1. The van der Waals surface area contributed by atoms with Crippen LogP contribution in [0.15, 0.2) is 78.2 Å². The van der Waals surface area contributed by atoms with Gasteiger partial charge >= 0.3 is 0 Å². The molecule has 1 aliphatic rings. The van der Waals surface area contributed by atoms with E-state index in [-0.39, 0.29) is 17.8 Å². The Labute approximate surface area is 208 Å². The molecule has 6 nitrogen and oxygen atoms in total. The first kappa shape index (κ1) is 23.1. The molecule has 0 aliphatic carbocycles. The maximum absolute atomic E-state index is 13.5. The molecule has 1 amide bonds. The van der Waals surface area contributed by atoms with Crippen LogP contribution in [0.25, 0.3) is 10.8 Å². The Bertz CT molecular complexity index is 1330. The largest absolute Gasteiger partial charge is 0.490 e. The van der Waals surface area contributed by atoms with Gasteiger partial charge in [-0.15, -0.1) is 11.3 Å². The molecule has 0 radical (unpaired) electrons. The third kappa shape index (κ3) is 5.37. The summed E-state index contributed by atoms with van der Waals surface area (Å²) in [7, 11) is 0. The lowest BCUT2D eigenvalue weighted by Gasteiger charge is -2.25. The van der Waals surface area contributed by atoms with Crippen LogP contribution in [0.5, 0.6) is 5.75 Å². The smallest absolute Gasteiger partial charge is 0.268 e. The monoisotopic (exact) mass is 484 g/mol. The maximum Gasteiger partial charge on any atom is 0.268 e. The zero-order valence-corrected chi connectivity index (χ0v) is 20.2. The number of nitrogens with one attached hydrogen (secondary N) is 2. The lowest BCUT2D eigenvalue weighted by molar-refractivity contribution is 0.0989. The molecule has 0 bridgehead atoms. The molecule has 2 heterocycles. The van der Waals surface area contributed by atoms with Crippen molar-refractivity contribution in [2.45, 2.75) is 25.5 Å². The minimum atomic E-state index is -0.0374. The topological polar surface area (TPSA) is 91.4 Å². The lowest BCUT2D eigenvalue weighted by Crippen LogP contribution is -2.34. The standard InChI is InChI=1S/C28H28N4O2S/c29-27(30)21-6-5-20-4-3-19(16-22(20)17-21)18-32(28(33)26-2-1-15-35-26)23-7-9-24(10-8-23)34-25-11-13-31-14-12-25/h1-10,15-17,25,31H,11-14,18H2,(H3,29,30). The van der Waals surface area contributed by atoms with Crippen molar-refractivity contribution in [2.24, 2.45) is 5.73 Å². The van der Waals surface area contributed by atoms with Gasteiger partial charge in [0, 0.05) is 11.3 Å². The Morgan fingerprint density at radius 2 is 1.80 bits per heavy atom. The Kier molecular flexibility index (Phi) is 6.79. The predicted molar refractivity (Wildman–Crippen MR) is 143 cm³/mol. The summed E-state index contributed by atoms with van der Waals surface area (Å²) < 4.78 is 6.15. The molecule has 0 saturated carbocycles. The molecule has 178 valence electrons. The van der Waals surface area contributed by atoms with Gasteiger partial charge in [0.25, 0.3) is 5.91 Å². The number of amidine groups is 1. The number of hydrogen-bond acceptors (Lipinski definition) is 5. The average molecular weight is 485 g/mol. The Balaban J connectivity index is 1.42. The Morgan fingerprint density at radius 3 is 2.51 bits per heavy atom. The molecule has 35 heavy (non-hydrogen) atoms. The summed E-state index contributed by atoms with van der Waals surface area (Å²) in [4.78, 5) is 16.0. The number of nitrogens with two attached hydrogens (primary N) is 1. The van der Waals surface area contributed by atoms with Crippen molar-refractivity contribution >= 4 is 39.5 Å². The number of piperidine rings is 1. The fourth-order valence-electron chi connectivity index (χ4n) is 4.37. The SMILES string of the molecule is N=C(N)c1ccc2ccc(CN(C(=O)c3cccs3)c3ccc(OC4CCNCC4)cc3)cc2c1. The number of nitrogens with zero attached hydrogens (tertiary/aromatic N) is 1. The summed E-state index contributed by atoms with van der Waals surface area (Å²) in [5, 5.41) is 15.1. The minimum Gasteiger partial charge on any atom is -0.490 e. The van der Waals surface area contributed by atoms with E-state index in [2.05, 4.69) is 11.4 Å². The zero-order valence-electron chi connectivity index (χ0n) is 19.4. The van der Waals surface area contributed by atoms with Gasteiger partial charge in [-0.25, -0.2) is 0 Å². The molecule has 0 spiro atoms. The van der Waals surface area contributed by atoms with Gasteiger partial charge in [0.1, 0.15) is 17.7 Å². The molecule has 1 aliphatic heterocycles. The van der Waals surface area contributed by atoms with Crippen LogP contribution in [0, 0.1) is 5.41 Å². The number of benzene rings is 3. The first-order valence-electron chi connectivity index (χ1n) is 11.8. The van der Waals surface area contributed by atoms with Crippen LogP contribution in [0.2, 0.25) is 0 Å². The lowest BCUT2D eigenvalue weighted by atomic mass is 10.0. The number of ether oxygens (including phenoxy) is 1. The number of fused-ring (bicyclic) bond motifs is 1. The molecule has 1 fully saturated rings. The van der Waals surface area contributed by atoms with Crippen LogP contribution < -0.4 is 20.7 Å². The van der Waals surface area contributed by atoms with Gasteiger partial charge in [-0.05, 0) is 90.1 Å². The van der Waals surface area contributed by atoms with Gasteiger partial charge in [-0.2, -0.15) is 0 Å². The minimum absolute atomic E-state index is 0.0374. The highest BCUT2D eigenvalue weighted by Crippen LogP contribution is 2.27. The molecule has 5 rings (SSSR count). The van der Waals surface area contributed by atoms with Crippen molar-refractivity contribution < 1.29 is 9.53 Å². The molecule has 4 aromatic rings. The van der Waals surface area contributed by atoms with Crippen LogP contribution in [-0.4, -0.2) is 30.9 Å². The Hall–Kier alpha value is -3.68. The fraction of sp³-hybridized carbons (Fsp3) is 0.214. The highest BCUT2D eigenvalue weighted by Gasteiger charge is 2.20. The van der Waals surface area contributed by atoms with E-state index in [1.807, 2.05) is 72.1 Å². The average Bonchev–Trinajstić information content (AvgIpc) is 3.43. The van der Waals surface area contributed by atoms with Crippen LogP contribution in [0.4, 0.5) is 5.69 Å². The summed E-state index contributed by atoms with van der Waals surface area (Å²) in [5.41, 5.74) is 8.19. The molecule has 0 unspecified atom stereocenters. The number of carbonyl (C=O) groups is 1. The molecule has 0 atom stereocenters. The van der Waals surface area contributed by atoms with Crippen molar-refractivity contribution in [1.29, 1.82) is 5.41 Å². The second kappa shape index (κ2) is 10.3. The quantitative estimate of drug-likeness (QED) is 0.249. The summed E-state index contributed by atoms with van der Waals surface area (Å²) in [6, 6.07) is 23.4. The Morgan fingerprint density at radius 1 is 1.03 bits per heavy atom. The third-order valence-electron chi connectivity index (χ3n) is 6.27. The molecule has 1 aromatic heterocycles. The summed E-state index contributed by atoms with van der Waals surface area (Å²) in [6.07, 6.45) is 2.22. The number of hydrogen-bond donors (Lipinski definition) is 3. The summed E-state index contributed by atoms with van der Waals surface area (Å²) >= 11 is 1.44. The van der Waals surface area contributed by atoms with Gasteiger partial charge in [-0.1, -0.05) is 30.3 Å². The van der Waals surface area contributed by atoms with Crippen molar-refractivity contribution in [3.05, 3.63) is 94.2 Å². The third-order valence-corrected chi connectivity index (χ3v) is 7.13. The van der Waals surface area contributed by atoms with E-state index in [9.17, 15) is 4.79 Å². The molecule has 1 saturated heterocycles. The van der Waals surface area contributed by atoms with Crippen molar-refractivity contribution in [3.63, 3.8) is 0 Å². The normalized spacial score (nSPS) is 14.1. The van der Waals surface area contributed by atoms with E-state index < -0.39 is 0 Å². The molecule has 4 N–H and O–H groups in total. The van der Waals surface area contributed by atoms with E-state index in [1.54, 1.807) is 4.90 Å². The fourth-order valence-corrected chi connectivity index (χ4v) is 5.04. The number of carbonyl (C=O) groups excluding carboxylic acids is 1. The van der Waals surface area contributed by atoms with Gasteiger partial charge in [-0.3, -0.25) is 10.2 Å². The van der Waals surface area contributed by atoms with Gasteiger partial charge < -0.3 is 20.7 Å². The number of rotatable bonds is 7. The van der Waals surface area contributed by atoms with E-state index in [1.165, 1.54) is 11.3 Å². The van der Waals surface area contributed by atoms with E-state index in [4.69, 9.17) is 15.9 Å². The number of anilines is 1. The van der Waals surface area contributed by atoms with Gasteiger partial charge in [0.15, 0.2) is 0 Å². The summed E-state index contributed by atoms with van der Waals surface area (Å²) in [6.45, 7) is 2.38. The molecular weight excluding hydrogens is 456 g/mol. The highest BCUT2D eigenvalue weighted by atomic mass is 32.1. The van der Waals surface area contributed by atoms with Gasteiger partial charge in [0.2, 0.25) is 0 Å². The molecule has 7 heteroatoms. The second-order valence-corrected chi connectivity index (χ2v) is 9.69. The van der Waals surface area contributed by atoms with Crippen molar-refractivity contribution in [2.75, 3.05) is 18.0 Å². The van der Waals surface area contributed by atoms with Crippen LogP contribution in [0.1, 0.15) is 33.6 Å². The first-order valence-corrected chi connectivity index (χ1v) is 12.6. The zero-order chi connectivity index (χ0) is 24.2.